The summed E-state index contributed by atoms with van der Waals surface area (Å²) < 4.78 is 43.8. The summed E-state index contributed by atoms with van der Waals surface area (Å²) in [6.45, 7) is 4.01. The predicted molar refractivity (Wildman–Crippen MR) is 92.6 cm³/mol. The lowest BCUT2D eigenvalue weighted by molar-refractivity contribution is -0.159. The summed E-state index contributed by atoms with van der Waals surface area (Å²) in [5, 5.41) is 7.63. The van der Waals surface area contributed by atoms with Gasteiger partial charge in [0.25, 0.3) is 5.91 Å². The van der Waals surface area contributed by atoms with Gasteiger partial charge in [-0.3, -0.25) is 9.69 Å². The maximum atomic E-state index is 13.0. The number of amides is 1. The highest BCUT2D eigenvalue weighted by molar-refractivity contribution is 6.06. The highest BCUT2D eigenvalue weighted by Crippen LogP contribution is 2.33. The fraction of sp³-hybridized carbons (Fsp3) is 0.333. The van der Waals surface area contributed by atoms with E-state index in [9.17, 15) is 18.0 Å². The van der Waals surface area contributed by atoms with E-state index in [1.165, 1.54) is 24.3 Å². The molecule has 0 fully saturated rings. The van der Waals surface area contributed by atoms with Crippen molar-refractivity contribution in [1.82, 2.24) is 19.9 Å². The van der Waals surface area contributed by atoms with Gasteiger partial charge in [0, 0.05) is 23.2 Å². The van der Waals surface area contributed by atoms with Crippen LogP contribution in [0.25, 0.3) is 11.4 Å². The Bertz CT molecular complexity index is 1010. The molecule has 2 aromatic heterocycles. The topological polar surface area (TPSA) is 77.0 Å². The third kappa shape index (κ3) is 3.04. The summed E-state index contributed by atoms with van der Waals surface area (Å²) in [4.78, 5) is 18.1. The van der Waals surface area contributed by atoms with Crippen LogP contribution in [0.1, 0.15) is 42.6 Å². The molecule has 1 amide bonds. The summed E-state index contributed by atoms with van der Waals surface area (Å²) in [7, 11) is 0. The fourth-order valence-corrected chi connectivity index (χ4v) is 3.42. The van der Waals surface area contributed by atoms with Gasteiger partial charge >= 0.3 is 12.1 Å². The molecule has 0 saturated carbocycles. The zero-order valence-corrected chi connectivity index (χ0v) is 15.0. The van der Waals surface area contributed by atoms with Gasteiger partial charge in [0.05, 0.1) is 12.2 Å². The molecular weight excluding hydrogens is 375 g/mol. The van der Waals surface area contributed by atoms with Crippen LogP contribution in [0, 0.1) is 0 Å². The van der Waals surface area contributed by atoms with Crippen molar-refractivity contribution >= 4 is 11.7 Å². The van der Waals surface area contributed by atoms with Crippen LogP contribution in [0.4, 0.5) is 19.0 Å². The maximum absolute atomic E-state index is 13.0. The minimum atomic E-state index is -4.70. The Hall–Kier alpha value is -3.17. The summed E-state index contributed by atoms with van der Waals surface area (Å²) in [6, 6.07) is 8.01. The first-order chi connectivity index (χ1) is 13.3. The number of nitrogens with zero attached hydrogens (tertiary/aromatic N) is 5. The standard InChI is InChI=1S/C18H16F3N5O2/c1-10-9-11(2)26-14(7-8-22-26)25(10)16(27)13-5-3-12(4-6-13)15-23-17(28-24-15)18(19,20)21/h3-8,10-11H,9H2,1-2H3/t10-,11+/m1/s1. The highest BCUT2D eigenvalue weighted by atomic mass is 19.4. The molecule has 1 aliphatic rings. The lowest BCUT2D eigenvalue weighted by Gasteiger charge is -2.37. The molecule has 146 valence electrons. The maximum Gasteiger partial charge on any atom is 0.471 e. The Kier molecular flexibility index (Phi) is 4.20. The van der Waals surface area contributed by atoms with Gasteiger partial charge in [0.15, 0.2) is 0 Å². The average Bonchev–Trinajstić information content (AvgIpc) is 3.31. The normalized spacial score (nSPS) is 19.5. The lowest BCUT2D eigenvalue weighted by atomic mass is 10.0. The van der Waals surface area contributed by atoms with Crippen molar-refractivity contribution < 1.29 is 22.5 Å². The van der Waals surface area contributed by atoms with Gasteiger partial charge in [-0.25, -0.2) is 4.68 Å². The van der Waals surface area contributed by atoms with Gasteiger partial charge in [-0.05, 0) is 32.4 Å². The third-order valence-electron chi connectivity index (χ3n) is 4.71. The third-order valence-corrected chi connectivity index (χ3v) is 4.71. The van der Waals surface area contributed by atoms with Crippen LogP contribution < -0.4 is 4.90 Å². The van der Waals surface area contributed by atoms with Gasteiger partial charge < -0.3 is 4.52 Å². The molecule has 28 heavy (non-hydrogen) atoms. The number of fused-ring (bicyclic) bond motifs is 1. The molecule has 7 nitrogen and oxygen atoms in total. The van der Waals surface area contributed by atoms with Crippen LogP contribution in [0.5, 0.6) is 0 Å². The second kappa shape index (κ2) is 6.47. The number of anilines is 1. The number of hydrogen-bond acceptors (Lipinski definition) is 5. The largest absolute Gasteiger partial charge is 0.471 e. The van der Waals surface area contributed by atoms with Crippen LogP contribution in [-0.4, -0.2) is 31.9 Å². The number of alkyl halides is 3. The Labute approximate surface area is 157 Å². The zero-order valence-electron chi connectivity index (χ0n) is 15.0. The van der Waals surface area contributed by atoms with Crippen molar-refractivity contribution in [2.75, 3.05) is 4.90 Å². The van der Waals surface area contributed by atoms with E-state index in [-0.39, 0.29) is 23.8 Å². The molecule has 0 spiro atoms. The number of carbonyl (C=O) groups excluding carboxylic acids is 1. The molecular formula is C18H16F3N5O2. The second-order valence-corrected chi connectivity index (χ2v) is 6.74. The van der Waals surface area contributed by atoms with E-state index in [0.717, 1.165) is 6.42 Å². The Morgan fingerprint density at radius 3 is 2.50 bits per heavy atom. The molecule has 0 N–H and O–H groups in total. The molecule has 0 aliphatic carbocycles. The Morgan fingerprint density at radius 2 is 1.86 bits per heavy atom. The first kappa shape index (κ1) is 18.2. The smallest absolute Gasteiger partial charge is 0.329 e. The van der Waals surface area contributed by atoms with E-state index < -0.39 is 12.1 Å². The molecule has 1 aliphatic heterocycles. The fourth-order valence-electron chi connectivity index (χ4n) is 3.42. The quantitative estimate of drug-likeness (QED) is 0.661. The molecule has 4 rings (SSSR count). The van der Waals surface area contributed by atoms with E-state index in [1.807, 2.05) is 18.5 Å². The van der Waals surface area contributed by atoms with E-state index >= 15 is 0 Å². The van der Waals surface area contributed by atoms with Gasteiger partial charge in [-0.1, -0.05) is 17.3 Å². The number of halogens is 3. The van der Waals surface area contributed by atoms with E-state index in [1.54, 1.807) is 17.2 Å². The summed E-state index contributed by atoms with van der Waals surface area (Å²) in [5.41, 5.74) is 0.721. The van der Waals surface area contributed by atoms with Crippen molar-refractivity contribution in [2.45, 2.75) is 38.5 Å². The molecule has 2 atom stereocenters. The Balaban J connectivity index is 1.60. The van der Waals surface area contributed by atoms with Crippen LogP contribution in [-0.2, 0) is 6.18 Å². The van der Waals surface area contributed by atoms with Gasteiger partial charge in [-0.2, -0.15) is 23.3 Å². The molecule has 0 bridgehead atoms. The number of rotatable bonds is 2. The van der Waals surface area contributed by atoms with Crippen LogP contribution in [0.15, 0.2) is 41.1 Å². The van der Waals surface area contributed by atoms with Crippen molar-refractivity contribution in [1.29, 1.82) is 0 Å². The molecule has 0 radical (unpaired) electrons. The minimum absolute atomic E-state index is 0.0158. The van der Waals surface area contributed by atoms with Gasteiger partial charge in [0.2, 0.25) is 5.82 Å². The summed E-state index contributed by atoms with van der Waals surface area (Å²) in [6.07, 6.45) is -2.28. The number of benzene rings is 1. The number of carbonyl (C=O) groups is 1. The van der Waals surface area contributed by atoms with Crippen LogP contribution in [0.2, 0.25) is 0 Å². The zero-order chi connectivity index (χ0) is 20.1. The monoisotopic (exact) mass is 391 g/mol. The van der Waals surface area contributed by atoms with Crippen molar-refractivity contribution in [3.05, 3.63) is 48.0 Å². The lowest BCUT2D eigenvalue weighted by Crippen LogP contribution is -2.44. The number of hydrogen-bond donors (Lipinski definition) is 0. The van der Waals surface area contributed by atoms with Crippen LogP contribution in [0.3, 0.4) is 0 Å². The van der Waals surface area contributed by atoms with Crippen molar-refractivity contribution in [3.8, 4) is 11.4 Å². The predicted octanol–water partition coefficient (Wildman–Crippen LogP) is 3.95. The molecule has 0 saturated heterocycles. The molecule has 3 heterocycles. The number of aromatic nitrogens is 4. The first-order valence-electron chi connectivity index (χ1n) is 8.64. The van der Waals surface area contributed by atoms with Gasteiger partial charge in [0.1, 0.15) is 5.82 Å². The summed E-state index contributed by atoms with van der Waals surface area (Å²) in [5.74, 6) is -1.10. The van der Waals surface area contributed by atoms with E-state index in [2.05, 4.69) is 19.8 Å². The van der Waals surface area contributed by atoms with E-state index in [4.69, 9.17) is 0 Å². The van der Waals surface area contributed by atoms with Crippen molar-refractivity contribution in [3.63, 3.8) is 0 Å². The SMILES string of the molecule is C[C@@H]1C[C@H](C)n2nccc2N1C(=O)c1ccc(-c2noc(C(F)(F)F)n2)cc1. The van der Waals surface area contributed by atoms with Crippen LogP contribution >= 0.6 is 0 Å². The van der Waals surface area contributed by atoms with Crippen molar-refractivity contribution in [2.24, 2.45) is 0 Å². The highest BCUT2D eigenvalue weighted by Gasteiger charge is 2.38. The Morgan fingerprint density at radius 1 is 1.14 bits per heavy atom. The molecule has 0 unspecified atom stereocenters. The van der Waals surface area contributed by atoms with E-state index in [0.29, 0.717) is 16.9 Å². The molecule has 3 aromatic rings. The first-order valence-corrected chi connectivity index (χ1v) is 8.64. The minimum Gasteiger partial charge on any atom is -0.329 e. The molecule has 1 aromatic carbocycles. The summed E-state index contributed by atoms with van der Waals surface area (Å²) >= 11 is 0. The average molecular weight is 391 g/mol. The van der Waals surface area contributed by atoms with Gasteiger partial charge in [-0.15, -0.1) is 0 Å². The molecule has 10 heteroatoms. The second-order valence-electron chi connectivity index (χ2n) is 6.74.